The van der Waals surface area contributed by atoms with Gasteiger partial charge in [0.25, 0.3) is 0 Å². The lowest BCUT2D eigenvalue weighted by Crippen LogP contribution is -2.28. The molecule has 3 rings (SSSR count). The van der Waals surface area contributed by atoms with Gasteiger partial charge in [-0.15, -0.1) is 0 Å². The third kappa shape index (κ3) is 3.21. The number of rotatable bonds is 4. The van der Waals surface area contributed by atoms with Gasteiger partial charge in [0.05, 0.1) is 6.42 Å². The maximum Gasteiger partial charge on any atom is 0.224 e. The van der Waals surface area contributed by atoms with Gasteiger partial charge in [-0.2, -0.15) is 0 Å². The van der Waals surface area contributed by atoms with E-state index in [-0.39, 0.29) is 35.9 Å². The smallest absolute Gasteiger partial charge is 0.224 e. The van der Waals surface area contributed by atoms with E-state index in [1.807, 2.05) is 6.07 Å². The largest absolute Gasteiger partial charge is 0.508 e. The molecule has 0 unspecified atom stereocenters. The van der Waals surface area contributed by atoms with Crippen LogP contribution >= 0.6 is 0 Å². The maximum absolute atomic E-state index is 13.6. The summed E-state index contributed by atoms with van der Waals surface area (Å²) in [6.45, 7) is 0. The van der Waals surface area contributed by atoms with Crippen LogP contribution in [0.1, 0.15) is 23.5 Å². The van der Waals surface area contributed by atoms with Crippen LogP contribution in [0.25, 0.3) is 0 Å². The molecule has 1 fully saturated rings. The SMILES string of the molecule is O=C(Cc1cccc(O)c1)N[C@H]1C[C@H]1c1ccccc1F. The van der Waals surface area contributed by atoms with E-state index in [0.29, 0.717) is 5.56 Å². The van der Waals surface area contributed by atoms with E-state index < -0.39 is 0 Å². The Bertz CT molecular complexity index is 671. The molecule has 2 atom stereocenters. The monoisotopic (exact) mass is 285 g/mol. The van der Waals surface area contributed by atoms with Gasteiger partial charge in [0, 0.05) is 12.0 Å². The van der Waals surface area contributed by atoms with Crippen LogP contribution in [0.5, 0.6) is 5.75 Å². The zero-order valence-electron chi connectivity index (χ0n) is 11.4. The van der Waals surface area contributed by atoms with Crippen LogP contribution in [-0.4, -0.2) is 17.1 Å². The van der Waals surface area contributed by atoms with Crippen molar-refractivity contribution in [1.29, 1.82) is 0 Å². The van der Waals surface area contributed by atoms with Crippen molar-refractivity contribution in [2.24, 2.45) is 0 Å². The van der Waals surface area contributed by atoms with E-state index in [2.05, 4.69) is 5.32 Å². The molecular weight excluding hydrogens is 269 g/mol. The summed E-state index contributed by atoms with van der Waals surface area (Å²) in [7, 11) is 0. The van der Waals surface area contributed by atoms with E-state index in [0.717, 1.165) is 12.0 Å². The molecule has 1 saturated carbocycles. The summed E-state index contributed by atoms with van der Waals surface area (Å²) in [6.07, 6.45) is 0.988. The predicted molar refractivity (Wildman–Crippen MR) is 77.5 cm³/mol. The Morgan fingerprint density at radius 1 is 1.24 bits per heavy atom. The zero-order chi connectivity index (χ0) is 14.8. The van der Waals surface area contributed by atoms with Crippen LogP contribution in [0.2, 0.25) is 0 Å². The van der Waals surface area contributed by atoms with Gasteiger partial charge in [-0.25, -0.2) is 4.39 Å². The summed E-state index contributed by atoms with van der Waals surface area (Å²) in [5.74, 6) is -0.105. The Hall–Kier alpha value is -2.36. The molecule has 4 heteroatoms. The molecule has 3 nitrogen and oxygen atoms in total. The number of nitrogens with one attached hydrogen (secondary N) is 1. The van der Waals surface area contributed by atoms with E-state index >= 15 is 0 Å². The first-order valence-electron chi connectivity index (χ1n) is 6.95. The van der Waals surface area contributed by atoms with Gasteiger partial charge >= 0.3 is 0 Å². The van der Waals surface area contributed by atoms with Gasteiger partial charge in [-0.1, -0.05) is 30.3 Å². The van der Waals surface area contributed by atoms with Crippen LogP contribution in [0.4, 0.5) is 4.39 Å². The minimum absolute atomic E-state index is 0.00621. The minimum Gasteiger partial charge on any atom is -0.508 e. The molecule has 1 aliphatic carbocycles. The first-order chi connectivity index (χ1) is 10.1. The third-order valence-electron chi connectivity index (χ3n) is 3.72. The Kier molecular flexibility index (Phi) is 3.60. The second-order valence-corrected chi connectivity index (χ2v) is 5.38. The first kappa shape index (κ1) is 13.6. The third-order valence-corrected chi connectivity index (χ3v) is 3.72. The lowest BCUT2D eigenvalue weighted by atomic mass is 10.1. The summed E-state index contributed by atoms with van der Waals surface area (Å²) >= 11 is 0. The van der Waals surface area contributed by atoms with Gasteiger partial charge in [-0.3, -0.25) is 4.79 Å². The Balaban J connectivity index is 1.57. The Morgan fingerprint density at radius 3 is 2.81 bits per heavy atom. The summed E-state index contributed by atoms with van der Waals surface area (Å²) in [5.41, 5.74) is 1.43. The van der Waals surface area contributed by atoms with Gasteiger partial charge in [-0.05, 0) is 35.7 Å². The highest BCUT2D eigenvalue weighted by molar-refractivity contribution is 5.79. The molecule has 0 aromatic heterocycles. The maximum atomic E-state index is 13.6. The number of aromatic hydroxyl groups is 1. The standard InChI is InChI=1S/C17H16FNO2/c18-15-7-2-1-6-13(15)14-10-16(14)19-17(21)9-11-4-3-5-12(20)8-11/h1-8,14,16,20H,9-10H2,(H,19,21)/t14-,16-/m0/s1. The molecule has 2 aromatic rings. The number of phenolic OH excluding ortho intramolecular Hbond substituents is 1. The van der Waals surface area contributed by atoms with Gasteiger partial charge in [0.2, 0.25) is 5.91 Å². The lowest BCUT2D eigenvalue weighted by molar-refractivity contribution is -0.120. The molecule has 0 saturated heterocycles. The number of phenols is 1. The van der Waals surface area contributed by atoms with Crippen molar-refractivity contribution in [3.05, 3.63) is 65.5 Å². The normalized spacial score (nSPS) is 20.0. The van der Waals surface area contributed by atoms with Crippen molar-refractivity contribution in [1.82, 2.24) is 5.32 Å². The molecule has 0 bridgehead atoms. The summed E-state index contributed by atoms with van der Waals surface area (Å²) < 4.78 is 13.6. The number of benzene rings is 2. The molecule has 1 amide bonds. The van der Waals surface area contributed by atoms with Crippen molar-refractivity contribution in [3.8, 4) is 5.75 Å². The summed E-state index contributed by atoms with van der Waals surface area (Å²) in [6, 6.07) is 13.3. The number of hydrogen-bond acceptors (Lipinski definition) is 2. The molecule has 2 aromatic carbocycles. The molecule has 2 N–H and O–H groups in total. The summed E-state index contributed by atoms with van der Waals surface area (Å²) in [4.78, 5) is 11.9. The molecule has 1 aliphatic rings. The van der Waals surface area contributed by atoms with Crippen LogP contribution in [0, 0.1) is 5.82 Å². The van der Waals surface area contributed by atoms with Crippen molar-refractivity contribution < 1.29 is 14.3 Å². The molecular formula is C17H16FNO2. The summed E-state index contributed by atoms with van der Waals surface area (Å²) in [5, 5.41) is 12.3. The number of amides is 1. The van der Waals surface area contributed by atoms with Crippen molar-refractivity contribution >= 4 is 5.91 Å². The first-order valence-corrected chi connectivity index (χ1v) is 6.95. The highest BCUT2D eigenvalue weighted by atomic mass is 19.1. The van der Waals surface area contributed by atoms with Crippen LogP contribution in [-0.2, 0) is 11.2 Å². The van der Waals surface area contributed by atoms with Gasteiger partial charge < -0.3 is 10.4 Å². The van der Waals surface area contributed by atoms with Crippen LogP contribution in [0.3, 0.4) is 0 Å². The molecule has 21 heavy (non-hydrogen) atoms. The fraction of sp³-hybridized carbons (Fsp3) is 0.235. The van der Waals surface area contributed by atoms with Crippen LogP contribution < -0.4 is 5.32 Å². The van der Waals surface area contributed by atoms with Gasteiger partial charge in [0.1, 0.15) is 11.6 Å². The Morgan fingerprint density at radius 2 is 2.05 bits per heavy atom. The number of hydrogen-bond donors (Lipinski definition) is 2. The highest BCUT2D eigenvalue weighted by Crippen LogP contribution is 2.41. The van der Waals surface area contributed by atoms with Crippen molar-refractivity contribution in [2.45, 2.75) is 24.8 Å². The number of halogens is 1. The van der Waals surface area contributed by atoms with E-state index in [1.165, 1.54) is 6.07 Å². The predicted octanol–water partition coefficient (Wildman–Crippen LogP) is 2.75. The zero-order valence-corrected chi connectivity index (χ0v) is 11.4. The minimum atomic E-state index is -0.216. The molecule has 0 heterocycles. The quantitative estimate of drug-likeness (QED) is 0.907. The fourth-order valence-corrected chi connectivity index (χ4v) is 2.58. The van der Waals surface area contributed by atoms with Crippen LogP contribution in [0.15, 0.2) is 48.5 Å². The highest BCUT2D eigenvalue weighted by Gasteiger charge is 2.40. The van der Waals surface area contributed by atoms with Crippen molar-refractivity contribution in [2.75, 3.05) is 0 Å². The molecule has 0 spiro atoms. The molecule has 0 aliphatic heterocycles. The molecule has 108 valence electrons. The van der Waals surface area contributed by atoms with E-state index in [1.54, 1.807) is 36.4 Å². The average molecular weight is 285 g/mol. The van der Waals surface area contributed by atoms with E-state index in [4.69, 9.17) is 0 Å². The van der Waals surface area contributed by atoms with Gasteiger partial charge in [0.15, 0.2) is 0 Å². The number of carbonyl (C=O) groups is 1. The second-order valence-electron chi connectivity index (χ2n) is 5.38. The Labute approximate surface area is 122 Å². The fourth-order valence-electron chi connectivity index (χ4n) is 2.58. The number of carbonyl (C=O) groups excluding carboxylic acids is 1. The lowest BCUT2D eigenvalue weighted by Gasteiger charge is -2.06. The topological polar surface area (TPSA) is 49.3 Å². The average Bonchev–Trinajstić information content (AvgIpc) is 3.18. The molecule has 0 radical (unpaired) electrons. The van der Waals surface area contributed by atoms with E-state index in [9.17, 15) is 14.3 Å². The second kappa shape index (κ2) is 5.56. The van der Waals surface area contributed by atoms with Crippen molar-refractivity contribution in [3.63, 3.8) is 0 Å².